The Morgan fingerprint density at radius 1 is 1.00 bits per heavy atom. The molecule has 0 radical (unpaired) electrons. The van der Waals surface area contributed by atoms with Crippen molar-refractivity contribution in [2.75, 3.05) is 0 Å². The number of hydrogen-bond acceptors (Lipinski definition) is 2. The molecule has 100 valence electrons. The molecule has 3 heteroatoms. The molecule has 2 aliphatic carbocycles. The highest BCUT2D eigenvalue weighted by Crippen LogP contribution is 2.46. The minimum atomic E-state index is -0.170. The summed E-state index contributed by atoms with van der Waals surface area (Å²) in [6.45, 7) is 8.54. The molecule has 0 N–H and O–H groups in total. The summed E-state index contributed by atoms with van der Waals surface area (Å²) in [6.07, 6.45) is 7.85. The van der Waals surface area contributed by atoms with Crippen LogP contribution in [0.5, 0.6) is 0 Å². The summed E-state index contributed by atoms with van der Waals surface area (Å²) in [7, 11) is 0.00735. The molecular weight excluding hydrogens is 223 g/mol. The third-order valence-electron chi connectivity index (χ3n) is 5.36. The quantitative estimate of drug-likeness (QED) is 0.543. The van der Waals surface area contributed by atoms with Crippen molar-refractivity contribution in [3.05, 3.63) is 11.1 Å². The van der Waals surface area contributed by atoms with E-state index in [-0.39, 0.29) is 18.3 Å². The minimum Gasteiger partial charge on any atom is -0.403 e. The fraction of sp³-hybridized carbons (Fsp3) is 0.867. The van der Waals surface area contributed by atoms with Crippen LogP contribution in [0, 0.1) is 5.92 Å². The fourth-order valence-electron chi connectivity index (χ4n) is 3.13. The van der Waals surface area contributed by atoms with Crippen molar-refractivity contribution in [2.45, 2.75) is 77.3 Å². The topological polar surface area (TPSA) is 18.5 Å². The van der Waals surface area contributed by atoms with Crippen molar-refractivity contribution in [2.24, 2.45) is 5.92 Å². The van der Waals surface area contributed by atoms with Crippen LogP contribution in [0.4, 0.5) is 0 Å². The van der Waals surface area contributed by atoms with Crippen molar-refractivity contribution in [1.29, 1.82) is 0 Å². The van der Waals surface area contributed by atoms with Gasteiger partial charge in [-0.05, 0) is 72.0 Å². The van der Waals surface area contributed by atoms with Gasteiger partial charge in [0.05, 0.1) is 11.2 Å². The summed E-state index contributed by atoms with van der Waals surface area (Å²) in [5.41, 5.74) is 3.18. The normalized spacial score (nSPS) is 33.3. The van der Waals surface area contributed by atoms with Gasteiger partial charge in [-0.15, -0.1) is 0 Å². The van der Waals surface area contributed by atoms with Crippen molar-refractivity contribution in [3.63, 3.8) is 0 Å². The van der Waals surface area contributed by atoms with Crippen molar-refractivity contribution in [1.82, 2.24) is 0 Å². The molecule has 3 aliphatic rings. The first-order valence-corrected chi connectivity index (χ1v) is 7.43. The second-order valence-corrected chi connectivity index (χ2v) is 7.26. The summed E-state index contributed by atoms with van der Waals surface area (Å²) >= 11 is 0. The molecule has 0 bridgehead atoms. The number of allylic oxidation sites excluding steroid dienone is 2. The standard InChI is InChI=1S/C15H25BO2/c1-14(2)15(3,4)18-16(17-14)10-11-8-13(9-11)12-6-5-7-12/h11H,5-10H2,1-4H3. The van der Waals surface area contributed by atoms with E-state index in [2.05, 4.69) is 27.7 Å². The second-order valence-electron chi connectivity index (χ2n) is 7.26. The largest absolute Gasteiger partial charge is 0.458 e. The van der Waals surface area contributed by atoms with Gasteiger partial charge >= 0.3 is 7.12 Å². The van der Waals surface area contributed by atoms with Gasteiger partial charge in [-0.3, -0.25) is 0 Å². The van der Waals surface area contributed by atoms with E-state index in [9.17, 15) is 0 Å². The van der Waals surface area contributed by atoms with E-state index in [0.29, 0.717) is 0 Å². The maximum Gasteiger partial charge on any atom is 0.458 e. The first-order valence-electron chi connectivity index (χ1n) is 7.43. The lowest BCUT2D eigenvalue weighted by molar-refractivity contribution is 0.00578. The first kappa shape index (κ1) is 12.7. The molecule has 18 heavy (non-hydrogen) atoms. The maximum absolute atomic E-state index is 6.07. The Labute approximate surface area is 111 Å². The monoisotopic (exact) mass is 248 g/mol. The molecular formula is C15H25BO2. The zero-order valence-corrected chi connectivity index (χ0v) is 12.2. The Hall–Kier alpha value is -0.275. The lowest BCUT2D eigenvalue weighted by atomic mass is 9.64. The van der Waals surface area contributed by atoms with Gasteiger partial charge in [0.15, 0.2) is 0 Å². The SMILES string of the molecule is CC1(C)OB(CC2CC(=C3CCC3)C2)OC1(C)C. The molecule has 3 fully saturated rings. The van der Waals surface area contributed by atoms with Crippen LogP contribution in [-0.4, -0.2) is 18.3 Å². The van der Waals surface area contributed by atoms with Crippen LogP contribution < -0.4 is 0 Å². The summed E-state index contributed by atoms with van der Waals surface area (Å²) in [5, 5.41) is 0. The van der Waals surface area contributed by atoms with E-state index in [0.717, 1.165) is 12.2 Å². The van der Waals surface area contributed by atoms with Crippen molar-refractivity contribution >= 4 is 7.12 Å². The Morgan fingerprint density at radius 2 is 1.56 bits per heavy atom. The van der Waals surface area contributed by atoms with Crippen LogP contribution in [0.3, 0.4) is 0 Å². The van der Waals surface area contributed by atoms with Crippen molar-refractivity contribution < 1.29 is 9.31 Å². The van der Waals surface area contributed by atoms with Crippen LogP contribution >= 0.6 is 0 Å². The van der Waals surface area contributed by atoms with Gasteiger partial charge in [0, 0.05) is 0 Å². The van der Waals surface area contributed by atoms with E-state index < -0.39 is 0 Å². The Bertz CT molecular complexity index is 354. The van der Waals surface area contributed by atoms with Crippen LogP contribution in [0.2, 0.25) is 6.32 Å². The summed E-state index contributed by atoms with van der Waals surface area (Å²) in [5.74, 6) is 0.794. The molecule has 0 aromatic heterocycles. The van der Waals surface area contributed by atoms with E-state index in [1.807, 2.05) is 0 Å². The van der Waals surface area contributed by atoms with Crippen LogP contribution in [0.1, 0.15) is 59.8 Å². The number of rotatable bonds is 2. The highest BCUT2D eigenvalue weighted by atomic mass is 16.7. The predicted octanol–water partition coefficient (Wildman–Crippen LogP) is 3.97. The molecule has 1 aliphatic heterocycles. The molecule has 2 nitrogen and oxygen atoms in total. The lowest BCUT2D eigenvalue weighted by Gasteiger charge is -2.35. The van der Waals surface area contributed by atoms with Gasteiger partial charge in [-0.25, -0.2) is 0 Å². The van der Waals surface area contributed by atoms with E-state index in [1.165, 1.54) is 32.1 Å². The van der Waals surface area contributed by atoms with Gasteiger partial charge in [-0.1, -0.05) is 11.1 Å². The van der Waals surface area contributed by atoms with Gasteiger partial charge < -0.3 is 9.31 Å². The highest BCUT2D eigenvalue weighted by molar-refractivity contribution is 6.45. The summed E-state index contributed by atoms with van der Waals surface area (Å²) < 4.78 is 12.1. The van der Waals surface area contributed by atoms with E-state index >= 15 is 0 Å². The third kappa shape index (κ3) is 2.06. The molecule has 0 amide bonds. The third-order valence-corrected chi connectivity index (χ3v) is 5.36. The Kier molecular flexibility index (Phi) is 2.91. The van der Waals surface area contributed by atoms with Gasteiger partial charge in [0.1, 0.15) is 0 Å². The molecule has 2 saturated carbocycles. The van der Waals surface area contributed by atoms with Gasteiger partial charge in [0.2, 0.25) is 0 Å². The fourth-order valence-corrected chi connectivity index (χ4v) is 3.13. The summed E-state index contributed by atoms with van der Waals surface area (Å²) in [4.78, 5) is 0. The Morgan fingerprint density at radius 3 is 2.00 bits per heavy atom. The maximum atomic E-state index is 6.07. The van der Waals surface area contributed by atoms with Crippen LogP contribution in [0.15, 0.2) is 11.1 Å². The van der Waals surface area contributed by atoms with E-state index in [1.54, 1.807) is 11.1 Å². The lowest BCUT2D eigenvalue weighted by Crippen LogP contribution is -2.41. The number of hydrogen-bond donors (Lipinski definition) is 0. The molecule has 3 rings (SSSR count). The first-order chi connectivity index (χ1) is 8.37. The predicted molar refractivity (Wildman–Crippen MR) is 74.5 cm³/mol. The summed E-state index contributed by atoms with van der Waals surface area (Å²) in [6, 6.07) is 0. The van der Waals surface area contributed by atoms with Crippen LogP contribution in [-0.2, 0) is 9.31 Å². The minimum absolute atomic E-state index is 0.00735. The van der Waals surface area contributed by atoms with E-state index in [4.69, 9.17) is 9.31 Å². The molecule has 1 heterocycles. The zero-order valence-electron chi connectivity index (χ0n) is 12.2. The molecule has 0 unspecified atom stereocenters. The average Bonchev–Trinajstić information content (AvgIpc) is 2.28. The second kappa shape index (κ2) is 4.11. The van der Waals surface area contributed by atoms with Crippen LogP contribution in [0.25, 0.3) is 0 Å². The molecule has 0 spiro atoms. The van der Waals surface area contributed by atoms with Gasteiger partial charge in [-0.2, -0.15) is 0 Å². The highest BCUT2D eigenvalue weighted by Gasteiger charge is 2.51. The molecule has 1 saturated heterocycles. The van der Waals surface area contributed by atoms with Gasteiger partial charge in [0.25, 0.3) is 0 Å². The molecule has 0 atom stereocenters. The van der Waals surface area contributed by atoms with Crippen molar-refractivity contribution in [3.8, 4) is 0 Å². The molecule has 0 aromatic carbocycles. The molecule has 0 aromatic rings. The Balaban J connectivity index is 1.51. The smallest absolute Gasteiger partial charge is 0.403 e. The zero-order chi connectivity index (χ0) is 13.0. The average molecular weight is 248 g/mol.